The zero-order valence-electron chi connectivity index (χ0n) is 8.78. The fourth-order valence-electron chi connectivity index (χ4n) is 1.25. The van der Waals surface area contributed by atoms with Gasteiger partial charge < -0.3 is 0 Å². The first-order chi connectivity index (χ1) is 7.06. The van der Waals surface area contributed by atoms with Gasteiger partial charge in [0.05, 0.1) is 14.7 Å². The van der Waals surface area contributed by atoms with Gasteiger partial charge in [-0.2, -0.15) is 0 Å². The zero-order valence-corrected chi connectivity index (χ0v) is 9.60. The molecule has 0 aliphatic carbocycles. The van der Waals surface area contributed by atoms with E-state index >= 15 is 0 Å². The van der Waals surface area contributed by atoms with Crippen LogP contribution in [0, 0.1) is 17.0 Å². The second-order valence-electron chi connectivity index (χ2n) is 3.34. The summed E-state index contributed by atoms with van der Waals surface area (Å²) in [5.74, 6) is 0.0121. The van der Waals surface area contributed by atoms with Gasteiger partial charge in [0.1, 0.15) is 0 Å². The number of carbonyl (C=O) groups is 1. The van der Waals surface area contributed by atoms with Crippen molar-refractivity contribution >= 4 is 22.8 Å². The largest absolute Gasteiger partial charge is 0.293 e. The summed E-state index contributed by atoms with van der Waals surface area (Å²) >= 11 is 1.21. The molecular weight excluding hydrogens is 214 g/mol. The fraction of sp³-hybridized carbons (Fsp3) is 0.500. The maximum atomic E-state index is 11.6. The second-order valence-corrected chi connectivity index (χ2v) is 4.59. The summed E-state index contributed by atoms with van der Waals surface area (Å²) in [5, 5.41) is 10.6. The lowest BCUT2D eigenvalue weighted by molar-refractivity contribution is -0.385. The van der Waals surface area contributed by atoms with Crippen LogP contribution in [0.2, 0.25) is 0 Å². The molecule has 0 fully saturated rings. The normalized spacial score (nSPS) is 10.3. The van der Waals surface area contributed by atoms with Crippen LogP contribution in [-0.4, -0.2) is 10.7 Å². The van der Waals surface area contributed by atoms with Crippen molar-refractivity contribution in [3.05, 3.63) is 25.9 Å². The van der Waals surface area contributed by atoms with E-state index in [1.165, 1.54) is 17.4 Å². The second kappa shape index (κ2) is 5.02. The van der Waals surface area contributed by atoms with E-state index in [1.807, 2.05) is 6.92 Å². The maximum absolute atomic E-state index is 11.6. The van der Waals surface area contributed by atoms with Crippen LogP contribution in [0.25, 0.3) is 0 Å². The molecule has 4 nitrogen and oxygen atoms in total. The van der Waals surface area contributed by atoms with Crippen molar-refractivity contribution in [2.45, 2.75) is 33.1 Å². The lowest BCUT2D eigenvalue weighted by Gasteiger charge is -1.93. The van der Waals surface area contributed by atoms with E-state index in [0.717, 1.165) is 12.8 Å². The molecule has 82 valence electrons. The first-order valence-electron chi connectivity index (χ1n) is 4.84. The molecule has 1 aromatic heterocycles. The van der Waals surface area contributed by atoms with Gasteiger partial charge in [-0.3, -0.25) is 14.9 Å². The SMILES string of the molecule is CCCCC(=O)c1cc([N+](=O)[O-])c(C)s1. The first-order valence-corrected chi connectivity index (χ1v) is 5.66. The van der Waals surface area contributed by atoms with Crippen molar-refractivity contribution in [2.75, 3.05) is 0 Å². The van der Waals surface area contributed by atoms with Gasteiger partial charge in [0.2, 0.25) is 0 Å². The van der Waals surface area contributed by atoms with Crippen LogP contribution in [-0.2, 0) is 0 Å². The Morgan fingerprint density at radius 1 is 1.60 bits per heavy atom. The topological polar surface area (TPSA) is 60.2 Å². The number of ketones is 1. The van der Waals surface area contributed by atoms with Crippen molar-refractivity contribution in [1.29, 1.82) is 0 Å². The van der Waals surface area contributed by atoms with E-state index in [9.17, 15) is 14.9 Å². The van der Waals surface area contributed by atoms with Crippen LogP contribution >= 0.6 is 11.3 Å². The summed E-state index contributed by atoms with van der Waals surface area (Å²) in [6, 6.07) is 1.39. The minimum absolute atomic E-state index is 0.0121. The number of carbonyl (C=O) groups excluding carboxylic acids is 1. The Bertz CT molecular complexity index is 384. The molecule has 0 unspecified atom stereocenters. The highest BCUT2D eigenvalue weighted by Crippen LogP contribution is 2.29. The molecule has 0 radical (unpaired) electrons. The Kier molecular flexibility index (Phi) is 3.96. The van der Waals surface area contributed by atoms with Gasteiger partial charge in [-0.25, -0.2) is 0 Å². The molecule has 0 bridgehead atoms. The van der Waals surface area contributed by atoms with Gasteiger partial charge in [-0.15, -0.1) is 11.3 Å². The minimum atomic E-state index is -0.442. The molecular formula is C10H13NO3S. The quantitative estimate of drug-likeness (QED) is 0.440. The third-order valence-corrected chi connectivity index (χ3v) is 3.20. The first kappa shape index (κ1) is 11.8. The minimum Gasteiger partial charge on any atom is -0.293 e. The highest BCUT2D eigenvalue weighted by Gasteiger charge is 2.18. The number of unbranched alkanes of at least 4 members (excludes halogenated alkanes) is 1. The summed E-state index contributed by atoms with van der Waals surface area (Å²) in [7, 11) is 0. The third-order valence-electron chi connectivity index (χ3n) is 2.12. The third kappa shape index (κ3) is 2.86. The van der Waals surface area contributed by atoms with Gasteiger partial charge in [0, 0.05) is 12.5 Å². The van der Waals surface area contributed by atoms with Crippen LogP contribution < -0.4 is 0 Å². The lowest BCUT2D eigenvalue weighted by Crippen LogP contribution is -1.95. The lowest BCUT2D eigenvalue weighted by atomic mass is 10.1. The molecule has 15 heavy (non-hydrogen) atoms. The van der Waals surface area contributed by atoms with Crippen molar-refractivity contribution < 1.29 is 9.72 Å². The van der Waals surface area contributed by atoms with Crippen LogP contribution in [0.4, 0.5) is 5.69 Å². The van der Waals surface area contributed by atoms with E-state index in [0.29, 0.717) is 16.2 Å². The van der Waals surface area contributed by atoms with Crippen molar-refractivity contribution in [3.8, 4) is 0 Å². The van der Waals surface area contributed by atoms with E-state index in [1.54, 1.807) is 6.92 Å². The maximum Gasteiger partial charge on any atom is 0.283 e. The van der Waals surface area contributed by atoms with E-state index in [-0.39, 0.29) is 11.5 Å². The number of nitro groups is 1. The Hall–Kier alpha value is -1.23. The summed E-state index contributed by atoms with van der Waals surface area (Å²) in [6.45, 7) is 3.68. The zero-order chi connectivity index (χ0) is 11.4. The number of aryl methyl sites for hydroxylation is 1. The van der Waals surface area contributed by atoms with E-state index in [4.69, 9.17) is 0 Å². The number of hydrogen-bond donors (Lipinski definition) is 0. The number of hydrogen-bond acceptors (Lipinski definition) is 4. The number of nitrogens with zero attached hydrogens (tertiary/aromatic N) is 1. The van der Waals surface area contributed by atoms with Crippen molar-refractivity contribution in [1.82, 2.24) is 0 Å². The summed E-state index contributed by atoms with van der Waals surface area (Å²) in [5.41, 5.74) is 0.0554. The van der Waals surface area contributed by atoms with Gasteiger partial charge in [0.15, 0.2) is 5.78 Å². The molecule has 1 rings (SSSR count). The Labute approximate surface area is 92.1 Å². The Morgan fingerprint density at radius 3 is 2.73 bits per heavy atom. The van der Waals surface area contributed by atoms with Crippen LogP contribution in [0.15, 0.2) is 6.07 Å². The molecule has 0 saturated carbocycles. The monoisotopic (exact) mass is 227 g/mol. The van der Waals surface area contributed by atoms with Crippen molar-refractivity contribution in [2.24, 2.45) is 0 Å². The number of thiophene rings is 1. The van der Waals surface area contributed by atoms with E-state index in [2.05, 4.69) is 0 Å². The average molecular weight is 227 g/mol. The average Bonchev–Trinajstić information content (AvgIpc) is 2.56. The summed E-state index contributed by atoms with van der Waals surface area (Å²) < 4.78 is 0. The van der Waals surface area contributed by atoms with E-state index < -0.39 is 4.92 Å². The van der Waals surface area contributed by atoms with Crippen LogP contribution in [0.5, 0.6) is 0 Å². The van der Waals surface area contributed by atoms with Crippen LogP contribution in [0.3, 0.4) is 0 Å². The molecule has 0 aromatic carbocycles. The van der Waals surface area contributed by atoms with Gasteiger partial charge in [0.25, 0.3) is 5.69 Å². The van der Waals surface area contributed by atoms with Gasteiger partial charge >= 0.3 is 0 Å². The van der Waals surface area contributed by atoms with Crippen LogP contribution in [0.1, 0.15) is 40.7 Å². The summed E-state index contributed by atoms with van der Waals surface area (Å²) in [4.78, 5) is 22.8. The molecule has 0 N–H and O–H groups in total. The standard InChI is InChI=1S/C10H13NO3S/c1-3-4-5-9(12)10-6-8(11(13)14)7(2)15-10/h6H,3-5H2,1-2H3. The molecule has 0 saturated heterocycles. The molecule has 0 amide bonds. The molecule has 5 heteroatoms. The highest BCUT2D eigenvalue weighted by molar-refractivity contribution is 7.14. The van der Waals surface area contributed by atoms with Gasteiger partial charge in [-0.05, 0) is 13.3 Å². The Morgan fingerprint density at radius 2 is 2.27 bits per heavy atom. The number of rotatable bonds is 5. The Balaban J connectivity index is 2.83. The number of Topliss-reactive ketones (excluding diaryl/α,β-unsaturated/α-hetero) is 1. The predicted octanol–water partition coefficient (Wildman–Crippen LogP) is 3.34. The molecule has 1 heterocycles. The summed E-state index contributed by atoms with van der Waals surface area (Å²) in [6.07, 6.45) is 2.27. The highest BCUT2D eigenvalue weighted by atomic mass is 32.1. The smallest absolute Gasteiger partial charge is 0.283 e. The molecule has 0 spiro atoms. The molecule has 1 aromatic rings. The van der Waals surface area contributed by atoms with Crippen molar-refractivity contribution in [3.63, 3.8) is 0 Å². The molecule has 0 aliphatic rings. The fourth-order valence-corrected chi connectivity index (χ4v) is 2.21. The van der Waals surface area contributed by atoms with Gasteiger partial charge in [-0.1, -0.05) is 13.3 Å². The molecule has 0 atom stereocenters. The molecule has 0 aliphatic heterocycles. The predicted molar refractivity (Wildman–Crippen MR) is 59.6 cm³/mol.